The maximum atomic E-state index is 10.9. The average Bonchev–Trinajstić information content (AvgIpc) is 2.14. The van der Waals surface area contributed by atoms with Crippen LogP contribution in [-0.4, -0.2) is 12.7 Å². The van der Waals surface area contributed by atoms with Crippen molar-refractivity contribution in [2.24, 2.45) is 0 Å². The maximum absolute atomic E-state index is 10.9. The van der Waals surface area contributed by atoms with Crippen LogP contribution in [0.5, 0.6) is 0 Å². The molecule has 1 aromatic rings. The van der Waals surface area contributed by atoms with E-state index >= 15 is 0 Å². The fraction of sp³-hybridized carbons (Fsp3) is 0.222. The first-order chi connectivity index (χ1) is 7.11. The second kappa shape index (κ2) is 5.68. The summed E-state index contributed by atoms with van der Waals surface area (Å²) in [5.41, 5.74) is 5.53. The molecule has 0 aliphatic rings. The zero-order chi connectivity index (χ0) is 11.3. The van der Waals surface area contributed by atoms with Gasteiger partial charge in [0.15, 0.2) is 0 Å². The molecule has 0 aliphatic carbocycles. The smallest absolute Gasteiger partial charge is 0.425 e. The monoisotopic (exact) mass is 248 g/mol. The molecule has 15 heavy (non-hydrogen) atoms. The highest BCUT2D eigenvalue weighted by atomic mass is 35.5. The zero-order valence-corrected chi connectivity index (χ0v) is 9.52. The standard InChI is InChI=1S/C9H10Cl2N2O2/c1-2-15-9(14)13-12-8-4-6(10)3-7(11)5-8/h3-5,12H,2H2,1H3,(H,13,14). The fourth-order valence-corrected chi connectivity index (χ4v) is 1.44. The molecule has 0 radical (unpaired) electrons. The second-order valence-corrected chi connectivity index (χ2v) is 3.50. The predicted molar refractivity (Wildman–Crippen MR) is 60.2 cm³/mol. The van der Waals surface area contributed by atoms with Gasteiger partial charge in [-0.15, -0.1) is 0 Å². The minimum absolute atomic E-state index is 0.309. The molecule has 0 saturated heterocycles. The van der Waals surface area contributed by atoms with Crippen molar-refractivity contribution in [1.29, 1.82) is 0 Å². The van der Waals surface area contributed by atoms with Crippen molar-refractivity contribution in [1.82, 2.24) is 5.43 Å². The van der Waals surface area contributed by atoms with Gasteiger partial charge in [0.25, 0.3) is 0 Å². The lowest BCUT2D eigenvalue weighted by molar-refractivity contribution is 0.154. The molecule has 0 heterocycles. The Labute approximate surface area is 97.5 Å². The number of benzene rings is 1. The van der Waals surface area contributed by atoms with Crippen LogP contribution in [0.1, 0.15) is 6.92 Å². The lowest BCUT2D eigenvalue weighted by Gasteiger charge is -2.08. The van der Waals surface area contributed by atoms with Gasteiger partial charge in [0.05, 0.1) is 12.3 Å². The quantitative estimate of drug-likeness (QED) is 0.809. The Kier molecular flexibility index (Phi) is 4.52. The van der Waals surface area contributed by atoms with E-state index in [9.17, 15) is 4.79 Å². The van der Waals surface area contributed by atoms with Gasteiger partial charge in [-0.25, -0.2) is 10.2 Å². The molecule has 1 rings (SSSR count). The van der Waals surface area contributed by atoms with E-state index in [1.54, 1.807) is 25.1 Å². The van der Waals surface area contributed by atoms with Crippen molar-refractivity contribution >= 4 is 35.0 Å². The summed E-state index contributed by atoms with van der Waals surface area (Å²) < 4.78 is 4.65. The number of hydrazine groups is 1. The SMILES string of the molecule is CCOC(=O)NNc1cc(Cl)cc(Cl)c1. The highest BCUT2D eigenvalue weighted by Crippen LogP contribution is 2.21. The van der Waals surface area contributed by atoms with Crippen LogP contribution in [0, 0.1) is 0 Å². The van der Waals surface area contributed by atoms with Gasteiger partial charge in [0.1, 0.15) is 0 Å². The number of rotatable bonds is 3. The van der Waals surface area contributed by atoms with Gasteiger partial charge in [0.2, 0.25) is 0 Å². The van der Waals surface area contributed by atoms with Gasteiger partial charge in [-0.1, -0.05) is 23.2 Å². The first-order valence-electron chi connectivity index (χ1n) is 4.26. The van der Waals surface area contributed by atoms with E-state index < -0.39 is 6.09 Å². The fourth-order valence-electron chi connectivity index (χ4n) is 0.916. The molecule has 82 valence electrons. The van der Waals surface area contributed by atoms with Crippen molar-refractivity contribution in [3.05, 3.63) is 28.2 Å². The maximum Gasteiger partial charge on any atom is 0.425 e. The van der Waals surface area contributed by atoms with Crippen LogP contribution in [0.25, 0.3) is 0 Å². The van der Waals surface area contributed by atoms with Crippen LogP contribution in [0.4, 0.5) is 10.5 Å². The number of amides is 1. The first kappa shape index (κ1) is 11.9. The minimum atomic E-state index is -0.561. The number of ether oxygens (including phenoxy) is 1. The number of hydrogen-bond acceptors (Lipinski definition) is 3. The van der Waals surface area contributed by atoms with Crippen LogP contribution in [0.2, 0.25) is 10.0 Å². The van der Waals surface area contributed by atoms with Crippen molar-refractivity contribution in [3.8, 4) is 0 Å². The minimum Gasteiger partial charge on any atom is -0.449 e. The van der Waals surface area contributed by atoms with Gasteiger partial charge in [-0.05, 0) is 25.1 Å². The number of hydrogen-bond donors (Lipinski definition) is 2. The normalized spacial score (nSPS) is 9.53. The Morgan fingerprint density at radius 3 is 2.47 bits per heavy atom. The van der Waals surface area contributed by atoms with Crippen LogP contribution < -0.4 is 10.9 Å². The lowest BCUT2D eigenvalue weighted by atomic mass is 10.3. The van der Waals surface area contributed by atoms with E-state index in [1.165, 1.54) is 0 Å². The molecule has 0 bridgehead atoms. The Morgan fingerprint density at radius 1 is 1.33 bits per heavy atom. The van der Waals surface area contributed by atoms with Gasteiger partial charge >= 0.3 is 6.09 Å². The molecule has 4 nitrogen and oxygen atoms in total. The van der Waals surface area contributed by atoms with Crippen molar-refractivity contribution in [3.63, 3.8) is 0 Å². The summed E-state index contributed by atoms with van der Waals surface area (Å²) in [6, 6.07) is 4.85. The number of halogens is 2. The molecule has 0 atom stereocenters. The van der Waals surface area contributed by atoms with Gasteiger partial charge in [-0.3, -0.25) is 5.43 Å². The first-order valence-corrected chi connectivity index (χ1v) is 5.02. The number of carbonyl (C=O) groups excluding carboxylic acids is 1. The van der Waals surface area contributed by atoms with Crippen LogP contribution in [0.3, 0.4) is 0 Å². The molecule has 1 aromatic carbocycles. The molecule has 0 fully saturated rings. The van der Waals surface area contributed by atoms with E-state index in [0.29, 0.717) is 22.3 Å². The number of nitrogens with one attached hydrogen (secondary N) is 2. The molecule has 0 aromatic heterocycles. The summed E-state index contributed by atoms with van der Waals surface area (Å²) in [6.07, 6.45) is -0.561. The zero-order valence-electron chi connectivity index (χ0n) is 8.01. The molecule has 1 amide bonds. The average molecular weight is 249 g/mol. The number of anilines is 1. The molecular weight excluding hydrogens is 239 g/mol. The molecular formula is C9H10Cl2N2O2. The lowest BCUT2D eigenvalue weighted by Crippen LogP contribution is -2.29. The summed E-state index contributed by atoms with van der Waals surface area (Å²) in [6.45, 7) is 2.03. The third kappa shape index (κ3) is 4.27. The Balaban J connectivity index is 2.54. The second-order valence-electron chi connectivity index (χ2n) is 2.63. The summed E-state index contributed by atoms with van der Waals surface area (Å²) in [7, 11) is 0. The van der Waals surface area contributed by atoms with Crippen LogP contribution >= 0.6 is 23.2 Å². The van der Waals surface area contributed by atoms with Crippen molar-refractivity contribution in [2.75, 3.05) is 12.0 Å². The highest BCUT2D eigenvalue weighted by Gasteiger charge is 2.01. The molecule has 2 N–H and O–H groups in total. The summed E-state index contributed by atoms with van der Waals surface area (Å²) in [4.78, 5) is 10.9. The molecule has 0 saturated carbocycles. The summed E-state index contributed by atoms with van der Waals surface area (Å²) in [5, 5.41) is 0.964. The van der Waals surface area contributed by atoms with E-state index in [0.717, 1.165) is 0 Å². The molecule has 0 unspecified atom stereocenters. The summed E-state index contributed by atoms with van der Waals surface area (Å²) in [5.74, 6) is 0. The van der Waals surface area contributed by atoms with Crippen LogP contribution in [0.15, 0.2) is 18.2 Å². The van der Waals surface area contributed by atoms with Gasteiger partial charge in [-0.2, -0.15) is 0 Å². The molecule has 0 aliphatic heterocycles. The molecule has 0 spiro atoms. The Morgan fingerprint density at radius 2 is 1.93 bits per heavy atom. The van der Waals surface area contributed by atoms with E-state index in [2.05, 4.69) is 15.6 Å². The van der Waals surface area contributed by atoms with Crippen molar-refractivity contribution < 1.29 is 9.53 Å². The Bertz CT molecular complexity index is 338. The third-order valence-corrected chi connectivity index (χ3v) is 1.88. The Hall–Kier alpha value is -1.13. The predicted octanol–water partition coefficient (Wildman–Crippen LogP) is 3.07. The number of carbonyl (C=O) groups is 1. The largest absolute Gasteiger partial charge is 0.449 e. The van der Waals surface area contributed by atoms with Gasteiger partial charge < -0.3 is 4.74 Å². The van der Waals surface area contributed by atoms with E-state index in [-0.39, 0.29) is 0 Å². The van der Waals surface area contributed by atoms with Crippen LogP contribution in [-0.2, 0) is 4.74 Å². The van der Waals surface area contributed by atoms with E-state index in [4.69, 9.17) is 23.2 Å². The van der Waals surface area contributed by atoms with Gasteiger partial charge in [0, 0.05) is 10.0 Å². The topological polar surface area (TPSA) is 50.4 Å². The van der Waals surface area contributed by atoms with E-state index in [1.807, 2.05) is 0 Å². The molecule has 6 heteroatoms. The summed E-state index contributed by atoms with van der Waals surface area (Å²) >= 11 is 11.5. The van der Waals surface area contributed by atoms with Crippen molar-refractivity contribution in [2.45, 2.75) is 6.92 Å². The highest BCUT2D eigenvalue weighted by molar-refractivity contribution is 6.35. The third-order valence-electron chi connectivity index (χ3n) is 1.45.